The number of para-hydroxylation sites is 1. The number of anilines is 1. The molecule has 0 unspecified atom stereocenters. The topological polar surface area (TPSA) is 20.3 Å². The first-order chi connectivity index (χ1) is 11.3. The van der Waals surface area contributed by atoms with Crippen molar-refractivity contribution in [1.29, 1.82) is 0 Å². The largest absolute Gasteiger partial charge is 0.296 e. The molecule has 4 rings (SSSR count). The lowest BCUT2D eigenvalue weighted by molar-refractivity contribution is 0.0982. The number of fused-ring (bicyclic) bond motifs is 5. The van der Waals surface area contributed by atoms with Crippen LogP contribution in [0.15, 0.2) is 48.5 Å². The Kier molecular flexibility index (Phi) is 3.07. The fraction of sp³-hybridized carbons (Fsp3) is 0.286. The van der Waals surface area contributed by atoms with Gasteiger partial charge in [0.25, 0.3) is 5.91 Å². The quantitative estimate of drug-likeness (QED) is 0.513. The molecule has 24 heavy (non-hydrogen) atoms. The minimum atomic E-state index is -1.50. The maximum atomic E-state index is 13.1. The third kappa shape index (κ3) is 1.93. The van der Waals surface area contributed by atoms with E-state index in [0.717, 1.165) is 16.8 Å². The van der Waals surface area contributed by atoms with Crippen LogP contribution in [0.25, 0.3) is 0 Å². The van der Waals surface area contributed by atoms with Crippen LogP contribution in [0.4, 0.5) is 5.69 Å². The van der Waals surface area contributed by atoms with Gasteiger partial charge >= 0.3 is 0 Å². The Bertz CT molecular complexity index is 915. The molecule has 0 radical (unpaired) electrons. The summed E-state index contributed by atoms with van der Waals surface area (Å²) in [5.74, 6) is 3.69. The van der Waals surface area contributed by atoms with E-state index in [4.69, 9.17) is 0 Å². The number of amides is 1. The highest BCUT2D eigenvalue weighted by Crippen LogP contribution is 2.57. The summed E-state index contributed by atoms with van der Waals surface area (Å²) in [6, 6.07) is 16.2. The fourth-order valence-electron chi connectivity index (χ4n) is 3.95. The molecule has 0 saturated heterocycles. The molecule has 1 amide bonds. The first kappa shape index (κ1) is 15.2. The number of hydrogen-bond donors (Lipinski definition) is 0. The fourth-order valence-corrected chi connectivity index (χ4v) is 4.53. The van der Waals surface area contributed by atoms with Gasteiger partial charge in [0, 0.05) is 11.3 Å². The number of carbonyl (C=O) groups excluding carboxylic acids is 1. The number of nitrogens with zero attached hydrogens (tertiary/aromatic N) is 1. The van der Waals surface area contributed by atoms with Crippen LogP contribution in [0.3, 0.4) is 0 Å². The third-order valence-electron chi connectivity index (χ3n) is 5.01. The normalized spacial score (nSPS) is 24.1. The molecule has 2 heterocycles. The lowest BCUT2D eigenvalue weighted by Crippen LogP contribution is -2.40. The van der Waals surface area contributed by atoms with Gasteiger partial charge in [-0.3, -0.25) is 9.69 Å². The Hall–Kier alpha value is -2.31. The minimum absolute atomic E-state index is 0.0213. The Balaban J connectivity index is 1.99. The van der Waals surface area contributed by atoms with Crippen LogP contribution in [0.2, 0.25) is 19.6 Å². The first-order valence-corrected chi connectivity index (χ1v) is 11.9. The molecule has 2 aromatic rings. The Labute approximate surface area is 144 Å². The lowest BCUT2D eigenvalue weighted by atomic mass is 9.79. The molecule has 2 aromatic carbocycles. The molecular formula is C21H21NOSi. The Morgan fingerprint density at radius 3 is 2.46 bits per heavy atom. The van der Waals surface area contributed by atoms with Gasteiger partial charge < -0.3 is 0 Å². The summed E-state index contributed by atoms with van der Waals surface area (Å²) in [7, 11) is -1.50. The second-order valence-corrected chi connectivity index (χ2v) is 12.6. The van der Waals surface area contributed by atoms with Gasteiger partial charge in [-0.05, 0) is 30.2 Å². The summed E-state index contributed by atoms with van der Waals surface area (Å²) in [5.41, 5.74) is 7.22. The van der Waals surface area contributed by atoms with Crippen molar-refractivity contribution >= 4 is 19.7 Å². The van der Waals surface area contributed by atoms with E-state index in [1.807, 2.05) is 41.3 Å². The van der Waals surface area contributed by atoms with Crippen molar-refractivity contribution in [2.24, 2.45) is 0 Å². The molecule has 2 nitrogen and oxygen atoms in total. The molecule has 3 heteroatoms. The van der Waals surface area contributed by atoms with Gasteiger partial charge in [0.2, 0.25) is 0 Å². The molecule has 2 atom stereocenters. The van der Waals surface area contributed by atoms with Gasteiger partial charge in [0.1, 0.15) is 8.07 Å². The van der Waals surface area contributed by atoms with Crippen molar-refractivity contribution in [2.45, 2.75) is 38.0 Å². The van der Waals surface area contributed by atoms with Crippen LogP contribution in [-0.4, -0.2) is 14.0 Å². The van der Waals surface area contributed by atoms with Crippen LogP contribution < -0.4 is 4.90 Å². The molecule has 0 bridgehead atoms. The molecule has 0 fully saturated rings. The minimum Gasteiger partial charge on any atom is -0.296 e. The van der Waals surface area contributed by atoms with Gasteiger partial charge in [0.05, 0.1) is 11.5 Å². The van der Waals surface area contributed by atoms with Gasteiger partial charge in [0.15, 0.2) is 0 Å². The van der Waals surface area contributed by atoms with Gasteiger partial charge in [-0.25, -0.2) is 0 Å². The van der Waals surface area contributed by atoms with Crippen molar-refractivity contribution in [1.82, 2.24) is 0 Å². The number of hydrogen-bond acceptors (Lipinski definition) is 1. The van der Waals surface area contributed by atoms with Gasteiger partial charge in [-0.1, -0.05) is 62.0 Å². The molecule has 0 N–H and O–H groups in total. The SMILES string of the molecule is C[C@@]12c3ccccc3C(=O)N1c1ccccc1[C@@H]2C#C[Si](C)(C)C. The average molecular weight is 331 g/mol. The summed E-state index contributed by atoms with van der Waals surface area (Å²) in [4.78, 5) is 15.0. The average Bonchev–Trinajstić information content (AvgIpc) is 2.92. The molecule has 0 aromatic heterocycles. The molecule has 0 saturated carbocycles. The standard InChI is InChI=1S/C21H21NOSi/c1-21-17-11-7-5-10-16(17)20(23)22(21)19-12-8-6-9-15(19)18(21)13-14-24(2,3)4/h5-12,18H,1-4H3/t18-,21-/m0/s1. The monoisotopic (exact) mass is 331 g/mol. The van der Waals surface area contributed by atoms with Crippen molar-refractivity contribution in [3.63, 3.8) is 0 Å². The second-order valence-electron chi connectivity index (χ2n) is 7.84. The summed E-state index contributed by atoms with van der Waals surface area (Å²) >= 11 is 0. The number of carbonyl (C=O) groups is 1. The zero-order valence-corrected chi connectivity index (χ0v) is 15.6. The highest BCUT2D eigenvalue weighted by atomic mass is 28.3. The van der Waals surface area contributed by atoms with E-state index >= 15 is 0 Å². The summed E-state index contributed by atoms with van der Waals surface area (Å²) in [6.45, 7) is 8.94. The van der Waals surface area contributed by atoms with Crippen molar-refractivity contribution in [3.8, 4) is 11.5 Å². The van der Waals surface area contributed by atoms with E-state index in [0.29, 0.717) is 0 Å². The van der Waals surface area contributed by atoms with E-state index in [2.05, 4.69) is 50.2 Å². The van der Waals surface area contributed by atoms with E-state index in [-0.39, 0.29) is 11.8 Å². The van der Waals surface area contributed by atoms with Gasteiger partial charge in [-0.2, -0.15) is 0 Å². The maximum absolute atomic E-state index is 13.1. The predicted octanol–water partition coefficient (Wildman–Crippen LogP) is 4.54. The zero-order chi connectivity index (χ0) is 17.1. The van der Waals surface area contributed by atoms with Crippen molar-refractivity contribution in [2.75, 3.05) is 4.90 Å². The van der Waals surface area contributed by atoms with E-state index in [1.54, 1.807) is 0 Å². The van der Waals surface area contributed by atoms with E-state index < -0.39 is 13.6 Å². The van der Waals surface area contributed by atoms with E-state index in [9.17, 15) is 4.79 Å². The number of rotatable bonds is 0. The molecule has 120 valence electrons. The van der Waals surface area contributed by atoms with Crippen LogP contribution in [-0.2, 0) is 5.54 Å². The second kappa shape index (κ2) is 4.84. The third-order valence-corrected chi connectivity index (χ3v) is 5.91. The van der Waals surface area contributed by atoms with Crippen LogP contribution >= 0.6 is 0 Å². The predicted molar refractivity (Wildman–Crippen MR) is 101 cm³/mol. The lowest BCUT2D eigenvalue weighted by Gasteiger charge is -2.32. The molecule has 2 aliphatic rings. The molecule has 2 aliphatic heterocycles. The van der Waals surface area contributed by atoms with E-state index in [1.165, 1.54) is 5.56 Å². The zero-order valence-electron chi connectivity index (χ0n) is 14.6. The van der Waals surface area contributed by atoms with Crippen LogP contribution in [0.1, 0.15) is 34.3 Å². The Morgan fingerprint density at radius 1 is 1.04 bits per heavy atom. The van der Waals surface area contributed by atoms with Crippen LogP contribution in [0, 0.1) is 11.5 Å². The highest BCUT2D eigenvalue weighted by molar-refractivity contribution is 6.83. The van der Waals surface area contributed by atoms with Gasteiger partial charge in [-0.15, -0.1) is 5.54 Å². The first-order valence-electron chi connectivity index (χ1n) is 8.40. The highest BCUT2D eigenvalue weighted by Gasteiger charge is 2.57. The number of benzene rings is 2. The van der Waals surface area contributed by atoms with Crippen LogP contribution in [0.5, 0.6) is 0 Å². The summed E-state index contributed by atoms with van der Waals surface area (Å²) in [5, 5.41) is 0. The molecule has 0 spiro atoms. The smallest absolute Gasteiger partial charge is 0.259 e. The summed E-state index contributed by atoms with van der Waals surface area (Å²) in [6.07, 6.45) is 0. The molecule has 0 aliphatic carbocycles. The molecular weight excluding hydrogens is 310 g/mol. The Morgan fingerprint density at radius 2 is 1.71 bits per heavy atom. The maximum Gasteiger partial charge on any atom is 0.259 e. The van der Waals surface area contributed by atoms with Crippen molar-refractivity contribution < 1.29 is 4.79 Å². The summed E-state index contributed by atoms with van der Waals surface area (Å²) < 4.78 is 0. The van der Waals surface area contributed by atoms with Crippen molar-refractivity contribution in [3.05, 3.63) is 65.2 Å².